The fraction of sp³-hybridized carbons (Fsp3) is 0.294. The zero-order valence-electron chi connectivity index (χ0n) is 12.2. The van der Waals surface area contributed by atoms with Gasteiger partial charge in [0, 0.05) is 17.3 Å². The predicted molar refractivity (Wildman–Crippen MR) is 86.1 cm³/mol. The summed E-state index contributed by atoms with van der Waals surface area (Å²) in [5, 5.41) is 4.17. The number of para-hydroxylation sites is 1. The van der Waals surface area contributed by atoms with Gasteiger partial charge in [-0.1, -0.05) is 29.8 Å². The first kappa shape index (κ1) is 14.7. The lowest BCUT2D eigenvalue weighted by Gasteiger charge is -2.14. The largest absolute Gasteiger partial charge is 0.491 e. The van der Waals surface area contributed by atoms with Gasteiger partial charge in [0.2, 0.25) is 0 Å². The van der Waals surface area contributed by atoms with Crippen molar-refractivity contribution in [2.24, 2.45) is 0 Å². The van der Waals surface area contributed by atoms with Crippen LogP contribution in [0, 0.1) is 20.8 Å². The van der Waals surface area contributed by atoms with Crippen LogP contribution in [0.4, 0.5) is 5.69 Å². The monoisotopic (exact) mass is 289 g/mol. The summed E-state index contributed by atoms with van der Waals surface area (Å²) >= 11 is 5.93. The van der Waals surface area contributed by atoms with Crippen LogP contribution < -0.4 is 10.1 Å². The van der Waals surface area contributed by atoms with E-state index >= 15 is 0 Å². The Hall–Kier alpha value is -1.67. The lowest BCUT2D eigenvalue weighted by atomic mass is 10.1. The van der Waals surface area contributed by atoms with E-state index in [9.17, 15) is 0 Å². The number of aryl methyl sites for hydroxylation is 3. The molecule has 2 aromatic carbocycles. The van der Waals surface area contributed by atoms with Crippen molar-refractivity contribution in [3.8, 4) is 5.75 Å². The molecule has 2 nitrogen and oxygen atoms in total. The highest BCUT2D eigenvalue weighted by Gasteiger charge is 2.02. The summed E-state index contributed by atoms with van der Waals surface area (Å²) < 4.78 is 5.77. The Balaban J connectivity index is 1.88. The molecule has 0 amide bonds. The number of ether oxygens (including phenoxy) is 1. The van der Waals surface area contributed by atoms with Gasteiger partial charge in [-0.25, -0.2) is 0 Å². The Morgan fingerprint density at radius 2 is 1.70 bits per heavy atom. The highest BCUT2D eigenvalue weighted by molar-refractivity contribution is 6.30. The first-order valence-corrected chi connectivity index (χ1v) is 7.15. The molecule has 106 valence electrons. The van der Waals surface area contributed by atoms with Gasteiger partial charge < -0.3 is 10.1 Å². The maximum Gasteiger partial charge on any atom is 0.122 e. The quantitative estimate of drug-likeness (QED) is 0.802. The van der Waals surface area contributed by atoms with Crippen molar-refractivity contribution in [1.29, 1.82) is 0 Å². The van der Waals surface area contributed by atoms with Gasteiger partial charge in [0.15, 0.2) is 0 Å². The molecule has 0 saturated carbocycles. The molecule has 0 saturated heterocycles. The molecule has 0 spiro atoms. The van der Waals surface area contributed by atoms with E-state index in [0.29, 0.717) is 6.61 Å². The zero-order chi connectivity index (χ0) is 14.5. The average molecular weight is 290 g/mol. The fourth-order valence-electron chi connectivity index (χ4n) is 2.21. The Labute approximate surface area is 125 Å². The van der Waals surface area contributed by atoms with Crippen molar-refractivity contribution >= 4 is 17.3 Å². The minimum Gasteiger partial charge on any atom is -0.491 e. The number of halogens is 1. The topological polar surface area (TPSA) is 21.3 Å². The molecule has 0 atom stereocenters. The van der Waals surface area contributed by atoms with Crippen LogP contribution in [0.5, 0.6) is 5.75 Å². The fourth-order valence-corrected chi connectivity index (χ4v) is 2.43. The molecule has 0 aliphatic heterocycles. The second-order valence-electron chi connectivity index (χ2n) is 4.95. The van der Waals surface area contributed by atoms with Crippen molar-refractivity contribution in [3.05, 3.63) is 58.1 Å². The lowest BCUT2D eigenvalue weighted by Crippen LogP contribution is -2.13. The summed E-state index contributed by atoms with van der Waals surface area (Å²) in [7, 11) is 0. The van der Waals surface area contributed by atoms with Crippen LogP contribution in [0.25, 0.3) is 0 Å². The summed E-state index contributed by atoms with van der Waals surface area (Å²) in [5.74, 6) is 0.887. The Kier molecular flexibility index (Phi) is 4.91. The van der Waals surface area contributed by atoms with Gasteiger partial charge in [-0.3, -0.25) is 0 Å². The number of hydrogen-bond donors (Lipinski definition) is 1. The zero-order valence-corrected chi connectivity index (χ0v) is 12.9. The van der Waals surface area contributed by atoms with Crippen LogP contribution in [0.2, 0.25) is 5.02 Å². The Morgan fingerprint density at radius 3 is 2.35 bits per heavy atom. The molecule has 1 N–H and O–H groups in total. The maximum atomic E-state index is 5.93. The molecule has 0 heterocycles. The van der Waals surface area contributed by atoms with Gasteiger partial charge in [-0.05, 0) is 55.7 Å². The molecule has 0 aromatic heterocycles. The highest BCUT2D eigenvalue weighted by atomic mass is 35.5. The molecule has 0 radical (unpaired) electrons. The van der Waals surface area contributed by atoms with Gasteiger partial charge in [-0.15, -0.1) is 0 Å². The molecule has 20 heavy (non-hydrogen) atoms. The summed E-state index contributed by atoms with van der Waals surface area (Å²) in [6.07, 6.45) is 0. The molecule has 2 rings (SSSR count). The maximum absolute atomic E-state index is 5.93. The molecule has 0 unspecified atom stereocenters. The summed E-state index contributed by atoms with van der Waals surface area (Å²) in [6, 6.07) is 12.0. The summed E-state index contributed by atoms with van der Waals surface area (Å²) in [6.45, 7) is 7.61. The second kappa shape index (κ2) is 6.67. The third-order valence-corrected chi connectivity index (χ3v) is 3.51. The van der Waals surface area contributed by atoms with Crippen molar-refractivity contribution in [2.45, 2.75) is 20.8 Å². The molecule has 0 fully saturated rings. The van der Waals surface area contributed by atoms with Crippen molar-refractivity contribution < 1.29 is 4.74 Å². The van der Waals surface area contributed by atoms with Crippen molar-refractivity contribution in [1.82, 2.24) is 0 Å². The molecular weight excluding hydrogens is 270 g/mol. The van der Waals surface area contributed by atoms with Gasteiger partial charge in [0.1, 0.15) is 12.4 Å². The van der Waals surface area contributed by atoms with Crippen LogP contribution >= 0.6 is 11.6 Å². The predicted octanol–water partition coefficient (Wildman–Crippen LogP) is 4.76. The highest BCUT2D eigenvalue weighted by Crippen LogP contribution is 2.22. The normalized spacial score (nSPS) is 10.4. The van der Waals surface area contributed by atoms with E-state index in [2.05, 4.69) is 37.4 Å². The number of nitrogens with one attached hydrogen (secondary N) is 1. The van der Waals surface area contributed by atoms with Crippen molar-refractivity contribution in [2.75, 3.05) is 18.5 Å². The van der Waals surface area contributed by atoms with E-state index in [-0.39, 0.29) is 0 Å². The SMILES string of the molecule is Cc1cc(Cl)ccc1OCCNc1c(C)cccc1C. The third-order valence-electron chi connectivity index (χ3n) is 3.28. The average Bonchev–Trinajstić information content (AvgIpc) is 2.39. The Morgan fingerprint density at radius 1 is 1.00 bits per heavy atom. The van der Waals surface area contributed by atoms with E-state index in [4.69, 9.17) is 16.3 Å². The van der Waals surface area contributed by atoms with Crippen molar-refractivity contribution in [3.63, 3.8) is 0 Å². The van der Waals surface area contributed by atoms with Crippen LogP contribution in [0.3, 0.4) is 0 Å². The van der Waals surface area contributed by atoms with Gasteiger partial charge in [0.25, 0.3) is 0 Å². The first-order valence-electron chi connectivity index (χ1n) is 6.77. The molecule has 2 aromatic rings. The number of hydrogen-bond acceptors (Lipinski definition) is 2. The molecule has 0 bridgehead atoms. The lowest BCUT2D eigenvalue weighted by molar-refractivity contribution is 0.330. The van der Waals surface area contributed by atoms with Gasteiger partial charge >= 0.3 is 0 Å². The van der Waals surface area contributed by atoms with Crippen LogP contribution in [-0.4, -0.2) is 13.2 Å². The minimum atomic E-state index is 0.621. The van der Waals surface area contributed by atoms with E-state index in [0.717, 1.165) is 22.9 Å². The van der Waals surface area contributed by atoms with E-state index in [1.807, 2.05) is 25.1 Å². The molecule has 0 aliphatic carbocycles. The molecule has 0 aliphatic rings. The molecular formula is C17H20ClNO. The van der Waals surface area contributed by atoms with Crippen LogP contribution in [0.1, 0.15) is 16.7 Å². The second-order valence-corrected chi connectivity index (χ2v) is 5.39. The molecule has 3 heteroatoms. The number of anilines is 1. The summed E-state index contributed by atoms with van der Waals surface area (Å²) in [4.78, 5) is 0. The minimum absolute atomic E-state index is 0.621. The summed E-state index contributed by atoms with van der Waals surface area (Å²) in [5.41, 5.74) is 4.77. The van der Waals surface area contributed by atoms with E-state index in [1.54, 1.807) is 0 Å². The van der Waals surface area contributed by atoms with E-state index < -0.39 is 0 Å². The van der Waals surface area contributed by atoms with Crippen LogP contribution in [0.15, 0.2) is 36.4 Å². The Bertz CT molecular complexity index is 575. The standard InChI is InChI=1S/C17H20ClNO/c1-12-5-4-6-13(2)17(12)19-9-10-20-16-8-7-15(18)11-14(16)3/h4-8,11,19H,9-10H2,1-3H3. The first-order chi connectivity index (χ1) is 9.58. The van der Waals surface area contributed by atoms with Gasteiger partial charge in [0.05, 0.1) is 0 Å². The number of rotatable bonds is 5. The van der Waals surface area contributed by atoms with E-state index in [1.165, 1.54) is 16.8 Å². The van der Waals surface area contributed by atoms with Gasteiger partial charge in [-0.2, -0.15) is 0 Å². The van der Waals surface area contributed by atoms with Crippen LogP contribution in [-0.2, 0) is 0 Å². The number of benzene rings is 2. The third kappa shape index (κ3) is 3.67. The smallest absolute Gasteiger partial charge is 0.122 e.